The van der Waals surface area contributed by atoms with E-state index in [1.807, 2.05) is 0 Å². The summed E-state index contributed by atoms with van der Waals surface area (Å²) in [7, 11) is 0. The fourth-order valence-electron chi connectivity index (χ4n) is 2.01. The van der Waals surface area contributed by atoms with Gasteiger partial charge >= 0.3 is 0 Å². The second kappa shape index (κ2) is 2.71. The van der Waals surface area contributed by atoms with Crippen LogP contribution < -0.4 is 0 Å². The van der Waals surface area contributed by atoms with Crippen molar-refractivity contribution in [2.45, 2.75) is 11.0 Å². The van der Waals surface area contributed by atoms with Gasteiger partial charge in [0.25, 0.3) is 0 Å². The molecule has 0 aromatic heterocycles. The third kappa shape index (κ3) is 0.957. The molecule has 0 amide bonds. The van der Waals surface area contributed by atoms with Crippen molar-refractivity contribution in [2.24, 2.45) is 0 Å². The van der Waals surface area contributed by atoms with Crippen LogP contribution in [-0.4, -0.2) is 28.9 Å². The highest BCUT2D eigenvalue weighted by molar-refractivity contribution is 8.01. The first-order valence-electron chi connectivity index (χ1n) is 4.62. The minimum atomic E-state index is -0.911. The highest BCUT2D eigenvalue weighted by atomic mass is 32.2. The summed E-state index contributed by atoms with van der Waals surface area (Å²) in [6, 6.07) is 6.89. The summed E-state index contributed by atoms with van der Waals surface area (Å²) in [6.07, 6.45) is 1.23. The van der Waals surface area contributed by atoms with Crippen molar-refractivity contribution in [3.05, 3.63) is 35.4 Å². The zero-order valence-corrected chi connectivity index (χ0v) is 8.84. The Hall–Kier alpha value is -1.13. The first-order valence-corrected chi connectivity index (χ1v) is 5.84. The number of fused-ring (bicyclic) bond motifs is 2. The second-order valence-electron chi connectivity index (χ2n) is 3.61. The van der Waals surface area contributed by atoms with Gasteiger partial charge in [-0.25, -0.2) is 0 Å². The molecule has 3 nitrogen and oxygen atoms in total. The Morgan fingerprint density at radius 1 is 1.27 bits per heavy atom. The van der Waals surface area contributed by atoms with Gasteiger partial charge in [-0.15, -0.1) is 11.8 Å². The normalized spacial score (nSPS) is 32.2. The van der Waals surface area contributed by atoms with Crippen molar-refractivity contribution >= 4 is 23.3 Å². The Kier molecular flexibility index (Phi) is 1.65. The van der Waals surface area contributed by atoms with Gasteiger partial charge < -0.3 is 4.74 Å². The molecule has 1 heterocycles. The minimum absolute atomic E-state index is 0.0699. The van der Waals surface area contributed by atoms with Crippen molar-refractivity contribution < 1.29 is 14.3 Å². The van der Waals surface area contributed by atoms with Crippen LogP contribution in [0.3, 0.4) is 0 Å². The second-order valence-corrected chi connectivity index (χ2v) is 4.62. The molecule has 2 atom stereocenters. The lowest BCUT2D eigenvalue weighted by Gasteiger charge is -2.15. The molecule has 3 rings (SSSR count). The number of ketones is 2. The number of Topliss-reactive ketones (excluding diaryl/α,β-unsaturated/α-hetero) is 2. The Morgan fingerprint density at radius 3 is 2.60 bits per heavy atom. The quantitative estimate of drug-likeness (QED) is 0.673. The van der Waals surface area contributed by atoms with Gasteiger partial charge in [0, 0.05) is 11.1 Å². The molecule has 1 aromatic rings. The molecule has 0 bridgehead atoms. The molecule has 15 heavy (non-hydrogen) atoms. The molecule has 2 aliphatic rings. The Bertz CT molecular complexity index is 482. The lowest BCUT2D eigenvalue weighted by atomic mass is 9.89. The average Bonchev–Trinajstić information content (AvgIpc) is 3.03. The number of hydrogen-bond donors (Lipinski definition) is 0. The van der Waals surface area contributed by atoms with Crippen LogP contribution in [0.1, 0.15) is 20.7 Å². The fraction of sp³-hybridized carbons (Fsp3) is 0.273. The van der Waals surface area contributed by atoms with Crippen LogP contribution in [0, 0.1) is 0 Å². The number of benzene rings is 1. The molecular formula is C11H8O3S. The number of ether oxygens (including phenoxy) is 1. The fourth-order valence-corrected chi connectivity index (χ4v) is 2.82. The topological polar surface area (TPSA) is 46.7 Å². The lowest BCUT2D eigenvalue weighted by molar-refractivity contribution is 0.0911. The van der Waals surface area contributed by atoms with Gasteiger partial charge in [-0.3, -0.25) is 9.59 Å². The van der Waals surface area contributed by atoms with Crippen LogP contribution in [0.2, 0.25) is 0 Å². The van der Waals surface area contributed by atoms with Crippen LogP contribution in [0.4, 0.5) is 0 Å². The number of hydrogen-bond acceptors (Lipinski definition) is 4. The zero-order chi connectivity index (χ0) is 10.6. The van der Waals surface area contributed by atoms with Crippen molar-refractivity contribution in [3.8, 4) is 0 Å². The number of carbonyl (C=O) groups is 2. The van der Waals surface area contributed by atoms with E-state index in [9.17, 15) is 9.59 Å². The maximum atomic E-state index is 12.1. The Morgan fingerprint density at radius 2 is 1.93 bits per heavy atom. The number of epoxide rings is 1. The smallest absolute Gasteiger partial charge is 0.211 e. The third-order valence-corrected chi connectivity index (χ3v) is 3.98. The Balaban J connectivity index is 2.21. The highest BCUT2D eigenvalue weighted by Crippen LogP contribution is 2.52. The van der Waals surface area contributed by atoms with E-state index in [1.54, 1.807) is 30.5 Å². The summed E-state index contributed by atoms with van der Waals surface area (Å²) in [5.74, 6) is -0.144. The van der Waals surface area contributed by atoms with Gasteiger partial charge in [0.1, 0.15) is 0 Å². The molecule has 1 aliphatic heterocycles. The van der Waals surface area contributed by atoms with Gasteiger partial charge in [0.2, 0.25) is 10.7 Å². The molecular weight excluding hydrogens is 212 g/mol. The first-order chi connectivity index (χ1) is 7.20. The van der Waals surface area contributed by atoms with Crippen LogP contribution in [0.15, 0.2) is 24.3 Å². The monoisotopic (exact) mass is 220 g/mol. The summed E-state index contributed by atoms with van der Waals surface area (Å²) in [5, 5.41) is 0. The Labute approximate surface area is 90.8 Å². The highest BCUT2D eigenvalue weighted by Gasteiger charge is 2.68. The van der Waals surface area contributed by atoms with Crippen LogP contribution in [0.25, 0.3) is 0 Å². The van der Waals surface area contributed by atoms with Crippen molar-refractivity contribution in [1.29, 1.82) is 0 Å². The summed E-state index contributed by atoms with van der Waals surface area (Å²) in [4.78, 5) is 23.0. The molecule has 0 saturated carbocycles. The minimum Gasteiger partial charge on any atom is -0.337 e. The van der Waals surface area contributed by atoms with Gasteiger partial charge in [-0.05, 0) is 6.26 Å². The predicted molar refractivity (Wildman–Crippen MR) is 56.2 cm³/mol. The van der Waals surface area contributed by atoms with E-state index in [-0.39, 0.29) is 11.6 Å². The van der Waals surface area contributed by atoms with E-state index >= 15 is 0 Å². The largest absolute Gasteiger partial charge is 0.337 e. The van der Waals surface area contributed by atoms with E-state index in [4.69, 9.17) is 4.74 Å². The predicted octanol–water partition coefficient (Wildman–Crippen LogP) is 1.52. The molecule has 1 saturated heterocycles. The van der Waals surface area contributed by atoms with Crippen molar-refractivity contribution in [2.75, 3.05) is 6.26 Å². The zero-order valence-electron chi connectivity index (χ0n) is 8.02. The van der Waals surface area contributed by atoms with Gasteiger partial charge in [0.05, 0.1) is 0 Å². The molecule has 1 aromatic carbocycles. The molecule has 1 fully saturated rings. The van der Waals surface area contributed by atoms with Gasteiger partial charge in [-0.2, -0.15) is 0 Å². The summed E-state index contributed by atoms with van der Waals surface area (Å²) in [5.41, 5.74) is 0.986. The molecule has 0 N–H and O–H groups in total. The van der Waals surface area contributed by atoms with Gasteiger partial charge in [-0.1, -0.05) is 24.3 Å². The third-order valence-electron chi connectivity index (χ3n) is 2.88. The molecule has 0 radical (unpaired) electrons. The SMILES string of the molecule is CSC12OC1C(=O)c1ccccc1C2=O. The van der Waals surface area contributed by atoms with Gasteiger partial charge in [0.15, 0.2) is 11.9 Å². The van der Waals surface area contributed by atoms with Crippen LogP contribution in [-0.2, 0) is 4.74 Å². The molecule has 76 valence electrons. The summed E-state index contributed by atoms with van der Waals surface area (Å²) >= 11 is 1.30. The van der Waals surface area contributed by atoms with Crippen molar-refractivity contribution in [3.63, 3.8) is 0 Å². The van der Waals surface area contributed by atoms with E-state index < -0.39 is 11.0 Å². The average molecular weight is 220 g/mol. The van der Waals surface area contributed by atoms with E-state index in [1.165, 1.54) is 11.8 Å². The summed E-state index contributed by atoms with van der Waals surface area (Å²) in [6.45, 7) is 0. The maximum absolute atomic E-state index is 12.1. The van der Waals surface area contributed by atoms with Crippen LogP contribution in [0.5, 0.6) is 0 Å². The summed E-state index contributed by atoms with van der Waals surface area (Å²) < 4.78 is 5.29. The first kappa shape index (κ1) is 9.12. The van der Waals surface area contributed by atoms with E-state index in [0.717, 1.165) is 0 Å². The van der Waals surface area contributed by atoms with E-state index in [2.05, 4.69) is 0 Å². The van der Waals surface area contributed by atoms with Crippen molar-refractivity contribution in [1.82, 2.24) is 0 Å². The lowest BCUT2D eigenvalue weighted by Crippen LogP contribution is -2.33. The molecule has 4 heteroatoms. The van der Waals surface area contributed by atoms with E-state index in [0.29, 0.717) is 11.1 Å². The number of rotatable bonds is 1. The number of carbonyl (C=O) groups excluding carboxylic acids is 2. The maximum Gasteiger partial charge on any atom is 0.211 e. The standard InChI is InChI=1S/C11H8O3S/c1-15-11-9(13)7-5-3-2-4-6(7)8(12)10(11)14-11/h2-5,10H,1H3. The van der Waals surface area contributed by atoms with Crippen LogP contribution >= 0.6 is 11.8 Å². The molecule has 2 unspecified atom stereocenters. The number of thioether (sulfide) groups is 1. The molecule has 1 aliphatic carbocycles. The molecule has 0 spiro atoms.